The molecule has 3 N–H and O–H groups in total. The van der Waals surface area contributed by atoms with Crippen LogP contribution in [0.15, 0.2) is 36.7 Å². The van der Waals surface area contributed by atoms with Crippen molar-refractivity contribution in [3.05, 3.63) is 42.2 Å². The van der Waals surface area contributed by atoms with Crippen LogP contribution in [-0.2, 0) is 4.74 Å². The van der Waals surface area contributed by atoms with Crippen molar-refractivity contribution in [2.45, 2.75) is 25.8 Å². The Morgan fingerprint density at radius 1 is 1.19 bits per heavy atom. The van der Waals surface area contributed by atoms with E-state index in [-0.39, 0.29) is 11.6 Å². The van der Waals surface area contributed by atoms with Crippen molar-refractivity contribution in [2.24, 2.45) is 5.73 Å². The van der Waals surface area contributed by atoms with Crippen LogP contribution in [0.5, 0.6) is 5.88 Å². The molecule has 0 spiro atoms. The number of ether oxygens (including phenoxy) is 2. The summed E-state index contributed by atoms with van der Waals surface area (Å²) in [6.45, 7) is 3.42. The first kappa shape index (κ1) is 19.0. The molecule has 0 aliphatic rings. The fourth-order valence-electron chi connectivity index (χ4n) is 2.87. The lowest BCUT2D eigenvalue weighted by atomic mass is 10.1. The molecule has 0 radical (unpaired) electrons. The van der Waals surface area contributed by atoms with Crippen LogP contribution in [-0.4, -0.2) is 46.9 Å². The number of fused-ring (bicyclic) bond motifs is 3. The molecule has 1 aromatic carbocycles. The molecule has 7 heteroatoms. The highest BCUT2D eigenvalue weighted by Gasteiger charge is 2.12. The summed E-state index contributed by atoms with van der Waals surface area (Å²) in [6, 6.07) is 6.88. The van der Waals surface area contributed by atoms with Gasteiger partial charge in [-0.3, -0.25) is 4.98 Å². The van der Waals surface area contributed by atoms with E-state index in [0.717, 1.165) is 29.0 Å². The Kier molecular flexibility index (Phi) is 6.16. The summed E-state index contributed by atoms with van der Waals surface area (Å²) < 4.78 is 11.4. The van der Waals surface area contributed by atoms with Crippen molar-refractivity contribution >= 4 is 27.6 Å². The molecule has 0 aliphatic carbocycles. The second-order valence-corrected chi connectivity index (χ2v) is 6.46. The monoisotopic (exact) mass is 369 g/mol. The quantitative estimate of drug-likeness (QED) is 0.441. The number of carboxylic acid groups (broad SMARTS) is 1. The van der Waals surface area contributed by atoms with E-state index in [1.165, 1.54) is 0 Å². The van der Waals surface area contributed by atoms with E-state index < -0.39 is 5.97 Å². The van der Waals surface area contributed by atoms with Gasteiger partial charge in [-0.15, -0.1) is 0 Å². The fourth-order valence-corrected chi connectivity index (χ4v) is 2.87. The molecule has 0 unspecified atom stereocenters. The topological polar surface area (TPSA) is 108 Å². The zero-order chi connectivity index (χ0) is 19.2. The number of nitrogens with zero attached hydrogens (tertiary/aromatic N) is 2. The number of carbonyl (C=O) groups is 1. The van der Waals surface area contributed by atoms with Crippen molar-refractivity contribution in [3.63, 3.8) is 0 Å². The van der Waals surface area contributed by atoms with Gasteiger partial charge in [0, 0.05) is 41.2 Å². The Labute approximate surface area is 157 Å². The minimum absolute atomic E-state index is 0.182. The third-order valence-electron chi connectivity index (χ3n) is 4.22. The molecule has 1 atom stereocenters. The average molecular weight is 369 g/mol. The molecule has 2 aromatic heterocycles. The zero-order valence-corrected chi connectivity index (χ0v) is 15.2. The van der Waals surface area contributed by atoms with E-state index in [1.807, 2.05) is 13.0 Å². The number of nitrogens with two attached hydrogens (primary N) is 1. The molecule has 142 valence electrons. The van der Waals surface area contributed by atoms with Crippen LogP contribution in [0.4, 0.5) is 0 Å². The molecule has 3 rings (SSSR count). The van der Waals surface area contributed by atoms with Gasteiger partial charge < -0.3 is 20.3 Å². The largest absolute Gasteiger partial charge is 0.478 e. The van der Waals surface area contributed by atoms with Crippen molar-refractivity contribution in [3.8, 4) is 5.88 Å². The van der Waals surface area contributed by atoms with Gasteiger partial charge in [0.05, 0.1) is 17.7 Å². The van der Waals surface area contributed by atoms with Gasteiger partial charge in [0.2, 0.25) is 5.88 Å². The van der Waals surface area contributed by atoms with Crippen molar-refractivity contribution in [1.29, 1.82) is 0 Å². The summed E-state index contributed by atoms with van der Waals surface area (Å²) >= 11 is 0. The first-order chi connectivity index (χ1) is 13.1. The second kappa shape index (κ2) is 8.75. The highest BCUT2D eigenvalue weighted by atomic mass is 16.5. The van der Waals surface area contributed by atoms with Crippen LogP contribution in [0, 0.1) is 0 Å². The molecule has 0 aliphatic heterocycles. The van der Waals surface area contributed by atoms with Gasteiger partial charge in [-0.2, -0.15) is 0 Å². The first-order valence-corrected chi connectivity index (χ1v) is 8.93. The maximum absolute atomic E-state index is 11.2. The lowest BCUT2D eigenvalue weighted by molar-refractivity contribution is 0.0697. The van der Waals surface area contributed by atoms with E-state index in [2.05, 4.69) is 9.97 Å². The Balaban J connectivity index is 1.76. The summed E-state index contributed by atoms with van der Waals surface area (Å²) in [4.78, 5) is 19.9. The number of aromatic carboxylic acids is 1. The Morgan fingerprint density at radius 2 is 2.04 bits per heavy atom. The van der Waals surface area contributed by atoms with Gasteiger partial charge in [-0.1, -0.05) is 6.07 Å². The van der Waals surface area contributed by atoms with Crippen molar-refractivity contribution in [2.75, 3.05) is 19.8 Å². The molecule has 2 heterocycles. The number of hydrogen-bond acceptors (Lipinski definition) is 6. The van der Waals surface area contributed by atoms with Crippen LogP contribution in [0.3, 0.4) is 0 Å². The first-order valence-electron chi connectivity index (χ1n) is 8.93. The number of aromatic nitrogens is 2. The lowest BCUT2D eigenvalue weighted by Gasteiger charge is -2.11. The standard InChI is InChI=1S/C20H23N3O4/c1-13(21)3-2-8-26-9-10-27-19-16-6-7-22-12-17(16)15-5-4-14(20(24)25)11-18(15)23-19/h4-7,11-13H,2-3,8-10,21H2,1H3,(H,24,25)/t13-/m0/s1. The SMILES string of the molecule is C[C@H](N)CCCOCCOc1nc2cc(C(=O)O)ccc2c2cnccc12. The summed E-state index contributed by atoms with van der Waals surface area (Å²) in [5.74, 6) is -0.547. The van der Waals surface area contributed by atoms with E-state index in [1.54, 1.807) is 30.6 Å². The van der Waals surface area contributed by atoms with Crippen molar-refractivity contribution in [1.82, 2.24) is 9.97 Å². The number of rotatable bonds is 9. The molecule has 3 aromatic rings. The van der Waals surface area contributed by atoms with Crippen LogP contribution >= 0.6 is 0 Å². The predicted molar refractivity (Wildman–Crippen MR) is 103 cm³/mol. The maximum atomic E-state index is 11.2. The molecule has 0 bridgehead atoms. The Bertz CT molecular complexity index is 943. The Hall–Kier alpha value is -2.77. The molecular formula is C20H23N3O4. The molecule has 0 saturated heterocycles. The van der Waals surface area contributed by atoms with Gasteiger partial charge in [-0.05, 0) is 38.0 Å². The van der Waals surface area contributed by atoms with Crippen LogP contribution in [0.2, 0.25) is 0 Å². The summed E-state index contributed by atoms with van der Waals surface area (Å²) in [5.41, 5.74) is 6.45. The highest BCUT2D eigenvalue weighted by Crippen LogP contribution is 2.30. The summed E-state index contributed by atoms with van der Waals surface area (Å²) in [5, 5.41) is 11.7. The maximum Gasteiger partial charge on any atom is 0.335 e. The second-order valence-electron chi connectivity index (χ2n) is 6.46. The molecule has 0 fully saturated rings. The lowest BCUT2D eigenvalue weighted by Crippen LogP contribution is -2.16. The smallest absolute Gasteiger partial charge is 0.335 e. The van der Waals surface area contributed by atoms with Crippen molar-refractivity contribution < 1.29 is 19.4 Å². The molecular weight excluding hydrogens is 346 g/mol. The van der Waals surface area contributed by atoms with Crippen LogP contribution in [0.25, 0.3) is 21.7 Å². The van der Waals surface area contributed by atoms with E-state index in [4.69, 9.17) is 15.2 Å². The minimum Gasteiger partial charge on any atom is -0.478 e. The third kappa shape index (κ3) is 4.69. The molecule has 7 nitrogen and oxygen atoms in total. The number of carboxylic acids is 1. The highest BCUT2D eigenvalue weighted by molar-refractivity contribution is 6.08. The number of hydrogen-bond donors (Lipinski definition) is 2. The van der Waals surface area contributed by atoms with Gasteiger partial charge >= 0.3 is 5.97 Å². The minimum atomic E-state index is -0.993. The van der Waals surface area contributed by atoms with Gasteiger partial charge in [-0.25, -0.2) is 9.78 Å². The summed E-state index contributed by atoms with van der Waals surface area (Å²) in [6.07, 6.45) is 5.25. The van der Waals surface area contributed by atoms with Gasteiger partial charge in [0.15, 0.2) is 0 Å². The summed E-state index contributed by atoms with van der Waals surface area (Å²) in [7, 11) is 0. The zero-order valence-electron chi connectivity index (χ0n) is 15.2. The fraction of sp³-hybridized carbons (Fsp3) is 0.350. The molecule has 27 heavy (non-hydrogen) atoms. The van der Waals surface area contributed by atoms with Gasteiger partial charge in [0.1, 0.15) is 6.61 Å². The molecule has 0 amide bonds. The van der Waals surface area contributed by atoms with E-state index in [0.29, 0.717) is 31.2 Å². The predicted octanol–water partition coefficient (Wildman–Crippen LogP) is 3.00. The average Bonchev–Trinajstić information content (AvgIpc) is 2.66. The van der Waals surface area contributed by atoms with Gasteiger partial charge in [0.25, 0.3) is 0 Å². The van der Waals surface area contributed by atoms with Crippen LogP contribution in [0.1, 0.15) is 30.1 Å². The number of pyridine rings is 2. The van der Waals surface area contributed by atoms with E-state index >= 15 is 0 Å². The number of benzene rings is 1. The normalized spacial score (nSPS) is 12.4. The third-order valence-corrected chi connectivity index (χ3v) is 4.22. The van der Waals surface area contributed by atoms with Crippen LogP contribution < -0.4 is 10.5 Å². The van der Waals surface area contributed by atoms with E-state index in [9.17, 15) is 9.90 Å². The Morgan fingerprint density at radius 3 is 2.81 bits per heavy atom. The molecule has 0 saturated carbocycles.